The van der Waals surface area contributed by atoms with Gasteiger partial charge in [0.05, 0.1) is 6.61 Å². The van der Waals surface area contributed by atoms with Crippen molar-refractivity contribution in [1.29, 1.82) is 0 Å². The molecule has 1 atom stereocenters. The SMILES string of the molecule is C/C=C\C(NC(C)=O)C(=O)OCCC. The number of hydrogen-bond donors (Lipinski definition) is 1. The van der Waals surface area contributed by atoms with Crippen LogP contribution in [0.4, 0.5) is 0 Å². The Morgan fingerprint density at radius 2 is 2.14 bits per heavy atom. The number of esters is 1. The minimum absolute atomic E-state index is 0.249. The van der Waals surface area contributed by atoms with Gasteiger partial charge < -0.3 is 10.1 Å². The highest BCUT2D eigenvalue weighted by Gasteiger charge is 2.16. The third kappa shape index (κ3) is 5.35. The molecule has 0 radical (unpaired) electrons. The lowest BCUT2D eigenvalue weighted by Crippen LogP contribution is -2.39. The van der Waals surface area contributed by atoms with Crippen LogP contribution in [0.2, 0.25) is 0 Å². The first-order valence-electron chi connectivity index (χ1n) is 4.68. The number of hydrogen-bond acceptors (Lipinski definition) is 3. The highest BCUT2D eigenvalue weighted by Crippen LogP contribution is 1.93. The lowest BCUT2D eigenvalue weighted by atomic mass is 10.2. The molecule has 0 aliphatic rings. The van der Waals surface area contributed by atoms with Crippen LogP contribution >= 0.6 is 0 Å². The Labute approximate surface area is 84.3 Å². The molecule has 4 heteroatoms. The van der Waals surface area contributed by atoms with E-state index in [1.165, 1.54) is 6.92 Å². The van der Waals surface area contributed by atoms with E-state index in [4.69, 9.17) is 4.74 Å². The van der Waals surface area contributed by atoms with Crippen molar-refractivity contribution in [3.8, 4) is 0 Å². The monoisotopic (exact) mass is 199 g/mol. The van der Waals surface area contributed by atoms with Gasteiger partial charge in [-0.1, -0.05) is 19.1 Å². The molecule has 0 fully saturated rings. The van der Waals surface area contributed by atoms with Gasteiger partial charge >= 0.3 is 5.97 Å². The Balaban J connectivity index is 4.18. The summed E-state index contributed by atoms with van der Waals surface area (Å²) in [5.41, 5.74) is 0. The molecule has 0 aromatic heterocycles. The van der Waals surface area contributed by atoms with Crippen molar-refractivity contribution >= 4 is 11.9 Å². The molecule has 0 saturated heterocycles. The predicted molar refractivity (Wildman–Crippen MR) is 53.7 cm³/mol. The molecule has 14 heavy (non-hydrogen) atoms. The summed E-state index contributed by atoms with van der Waals surface area (Å²) < 4.78 is 4.90. The van der Waals surface area contributed by atoms with Crippen molar-refractivity contribution in [3.63, 3.8) is 0 Å². The van der Waals surface area contributed by atoms with Crippen molar-refractivity contribution in [2.45, 2.75) is 33.2 Å². The fourth-order valence-electron chi connectivity index (χ4n) is 0.889. The molecule has 0 saturated carbocycles. The van der Waals surface area contributed by atoms with E-state index in [9.17, 15) is 9.59 Å². The van der Waals surface area contributed by atoms with E-state index < -0.39 is 12.0 Å². The average molecular weight is 199 g/mol. The zero-order valence-electron chi connectivity index (χ0n) is 8.87. The van der Waals surface area contributed by atoms with Crippen LogP contribution in [0.15, 0.2) is 12.2 Å². The highest BCUT2D eigenvalue weighted by atomic mass is 16.5. The Morgan fingerprint density at radius 3 is 2.57 bits per heavy atom. The summed E-state index contributed by atoms with van der Waals surface area (Å²) >= 11 is 0. The second-order valence-electron chi connectivity index (χ2n) is 2.87. The van der Waals surface area contributed by atoms with Crippen LogP contribution in [-0.4, -0.2) is 24.5 Å². The van der Waals surface area contributed by atoms with Gasteiger partial charge in [-0.05, 0) is 13.3 Å². The fourth-order valence-corrected chi connectivity index (χ4v) is 0.889. The third-order valence-corrected chi connectivity index (χ3v) is 1.45. The zero-order chi connectivity index (χ0) is 11.0. The molecule has 80 valence electrons. The summed E-state index contributed by atoms with van der Waals surface area (Å²) in [6.07, 6.45) is 4.07. The van der Waals surface area contributed by atoms with Crippen LogP contribution in [-0.2, 0) is 14.3 Å². The van der Waals surface area contributed by atoms with Crippen LogP contribution in [0.5, 0.6) is 0 Å². The smallest absolute Gasteiger partial charge is 0.332 e. The molecule has 0 rings (SSSR count). The molecule has 0 aliphatic heterocycles. The summed E-state index contributed by atoms with van der Waals surface area (Å²) in [4.78, 5) is 22.1. The van der Waals surface area contributed by atoms with Crippen LogP contribution in [0.3, 0.4) is 0 Å². The maximum absolute atomic E-state index is 11.3. The van der Waals surface area contributed by atoms with Crippen LogP contribution < -0.4 is 5.32 Å². The summed E-state index contributed by atoms with van der Waals surface area (Å²) in [6, 6.07) is -0.663. The van der Waals surface area contributed by atoms with Gasteiger partial charge in [0.15, 0.2) is 0 Å². The zero-order valence-corrected chi connectivity index (χ0v) is 8.87. The summed E-state index contributed by atoms with van der Waals surface area (Å²) in [7, 11) is 0. The van der Waals surface area contributed by atoms with Crippen LogP contribution in [0.25, 0.3) is 0 Å². The maximum atomic E-state index is 11.3. The first kappa shape index (κ1) is 12.7. The van der Waals surface area contributed by atoms with Crippen LogP contribution in [0, 0.1) is 0 Å². The lowest BCUT2D eigenvalue weighted by Gasteiger charge is -2.12. The van der Waals surface area contributed by atoms with E-state index in [1.807, 2.05) is 6.92 Å². The summed E-state index contributed by atoms with van der Waals surface area (Å²) in [6.45, 7) is 5.44. The van der Waals surface area contributed by atoms with Gasteiger partial charge in [-0.15, -0.1) is 0 Å². The molecule has 1 amide bonds. The fraction of sp³-hybridized carbons (Fsp3) is 0.600. The third-order valence-electron chi connectivity index (χ3n) is 1.45. The molecular formula is C10H17NO3. The van der Waals surface area contributed by atoms with Gasteiger partial charge in [0.2, 0.25) is 5.91 Å². The van der Waals surface area contributed by atoms with Crippen molar-refractivity contribution in [2.24, 2.45) is 0 Å². The van der Waals surface area contributed by atoms with E-state index in [-0.39, 0.29) is 5.91 Å². The Morgan fingerprint density at radius 1 is 1.50 bits per heavy atom. The topological polar surface area (TPSA) is 55.4 Å². The van der Waals surface area contributed by atoms with Crippen molar-refractivity contribution in [1.82, 2.24) is 5.32 Å². The molecule has 4 nitrogen and oxygen atoms in total. The predicted octanol–water partition coefficient (Wildman–Crippen LogP) is 1.02. The first-order chi connectivity index (χ1) is 6.61. The van der Waals surface area contributed by atoms with Crippen molar-refractivity contribution in [3.05, 3.63) is 12.2 Å². The number of carbonyl (C=O) groups excluding carboxylic acids is 2. The van der Waals surface area contributed by atoms with Gasteiger partial charge in [0.25, 0.3) is 0 Å². The quantitative estimate of drug-likeness (QED) is 0.531. The number of amides is 1. The maximum Gasteiger partial charge on any atom is 0.332 e. The van der Waals surface area contributed by atoms with E-state index in [1.54, 1.807) is 19.1 Å². The van der Waals surface area contributed by atoms with Gasteiger partial charge in [0, 0.05) is 6.92 Å². The minimum atomic E-state index is -0.663. The van der Waals surface area contributed by atoms with E-state index in [0.29, 0.717) is 6.61 Å². The molecule has 1 N–H and O–H groups in total. The molecule has 0 bridgehead atoms. The molecule has 0 aromatic carbocycles. The Hall–Kier alpha value is -1.32. The Bertz CT molecular complexity index is 223. The van der Waals surface area contributed by atoms with Crippen molar-refractivity contribution in [2.75, 3.05) is 6.61 Å². The van der Waals surface area contributed by atoms with E-state index >= 15 is 0 Å². The molecule has 0 aromatic rings. The molecule has 0 heterocycles. The lowest BCUT2D eigenvalue weighted by molar-refractivity contribution is -0.146. The van der Waals surface area contributed by atoms with E-state index in [0.717, 1.165) is 6.42 Å². The number of ether oxygens (including phenoxy) is 1. The second kappa shape index (κ2) is 7.12. The molecule has 0 aliphatic carbocycles. The number of rotatable bonds is 5. The van der Waals surface area contributed by atoms with E-state index in [2.05, 4.69) is 5.32 Å². The largest absolute Gasteiger partial charge is 0.464 e. The molecule has 1 unspecified atom stereocenters. The number of allylic oxidation sites excluding steroid dienone is 1. The van der Waals surface area contributed by atoms with Crippen molar-refractivity contribution < 1.29 is 14.3 Å². The van der Waals surface area contributed by atoms with Gasteiger partial charge in [-0.2, -0.15) is 0 Å². The van der Waals surface area contributed by atoms with Gasteiger partial charge in [-0.3, -0.25) is 4.79 Å². The minimum Gasteiger partial charge on any atom is -0.464 e. The molecule has 0 spiro atoms. The number of nitrogens with one attached hydrogen (secondary N) is 1. The normalized spacial score (nSPS) is 12.5. The average Bonchev–Trinajstić information content (AvgIpc) is 2.13. The van der Waals surface area contributed by atoms with Gasteiger partial charge in [-0.25, -0.2) is 4.79 Å². The second-order valence-corrected chi connectivity index (χ2v) is 2.87. The van der Waals surface area contributed by atoms with Crippen LogP contribution in [0.1, 0.15) is 27.2 Å². The first-order valence-corrected chi connectivity index (χ1v) is 4.68. The number of carbonyl (C=O) groups is 2. The standard InChI is InChI=1S/C10H17NO3/c1-4-6-9(11-8(3)12)10(13)14-7-5-2/h4,6,9H,5,7H2,1-3H3,(H,11,12)/b6-4-. The highest BCUT2D eigenvalue weighted by molar-refractivity contribution is 5.84. The molecular weight excluding hydrogens is 182 g/mol. The Kier molecular flexibility index (Phi) is 6.45. The summed E-state index contributed by atoms with van der Waals surface area (Å²) in [5, 5.41) is 2.49. The van der Waals surface area contributed by atoms with Gasteiger partial charge in [0.1, 0.15) is 6.04 Å². The summed E-state index contributed by atoms with van der Waals surface area (Å²) in [5.74, 6) is -0.665.